The average Bonchev–Trinajstić information content (AvgIpc) is 3.42. The summed E-state index contributed by atoms with van der Waals surface area (Å²) in [7, 11) is 0. The van der Waals surface area contributed by atoms with E-state index in [-0.39, 0.29) is 5.91 Å². The molecule has 8 heteroatoms. The molecule has 1 aromatic heterocycles. The predicted molar refractivity (Wildman–Crippen MR) is 124 cm³/mol. The van der Waals surface area contributed by atoms with E-state index in [2.05, 4.69) is 15.5 Å². The lowest BCUT2D eigenvalue weighted by Crippen LogP contribution is -2.32. The van der Waals surface area contributed by atoms with Crippen LogP contribution in [0.4, 0.5) is 5.69 Å². The number of ether oxygens (including phenoxy) is 2. The molecule has 0 bridgehead atoms. The first-order valence-electron chi connectivity index (χ1n) is 10.5. The molecule has 0 saturated carbocycles. The number of rotatable bonds is 6. The van der Waals surface area contributed by atoms with Crippen LogP contribution in [0.15, 0.2) is 85.2 Å². The van der Waals surface area contributed by atoms with Crippen LogP contribution in [-0.4, -0.2) is 45.9 Å². The molecule has 4 aromatic rings. The zero-order valence-corrected chi connectivity index (χ0v) is 17.7. The van der Waals surface area contributed by atoms with Gasteiger partial charge in [0, 0.05) is 18.3 Å². The second kappa shape index (κ2) is 9.35. The molecule has 8 nitrogen and oxygen atoms in total. The number of anilines is 1. The zero-order valence-electron chi connectivity index (χ0n) is 17.7. The molecule has 1 aliphatic heterocycles. The van der Waals surface area contributed by atoms with Gasteiger partial charge in [0.05, 0.1) is 11.3 Å². The fraction of sp³-hybridized carbons (Fsp3) is 0.120. The Kier molecular flexibility index (Phi) is 5.79. The highest BCUT2D eigenvalue weighted by Gasteiger charge is 2.23. The van der Waals surface area contributed by atoms with Crippen molar-refractivity contribution in [2.75, 3.05) is 24.7 Å². The van der Waals surface area contributed by atoms with Crippen LogP contribution >= 0.6 is 0 Å². The van der Waals surface area contributed by atoms with Crippen LogP contribution < -0.4 is 14.4 Å². The third kappa shape index (κ3) is 4.45. The second-order valence-corrected chi connectivity index (χ2v) is 7.33. The van der Waals surface area contributed by atoms with Crippen LogP contribution in [0.5, 0.6) is 11.5 Å². The van der Waals surface area contributed by atoms with Crippen LogP contribution in [0.3, 0.4) is 0 Å². The highest BCUT2D eigenvalue weighted by Crippen LogP contribution is 2.34. The van der Waals surface area contributed by atoms with Crippen LogP contribution in [0.2, 0.25) is 0 Å². The van der Waals surface area contributed by atoms with E-state index >= 15 is 0 Å². The lowest BCUT2D eigenvalue weighted by atomic mass is 10.1. The summed E-state index contributed by atoms with van der Waals surface area (Å²) in [6.07, 6.45) is 5.42. The maximum atomic E-state index is 13.8. The van der Waals surface area contributed by atoms with Gasteiger partial charge in [0.1, 0.15) is 19.5 Å². The van der Waals surface area contributed by atoms with Crippen molar-refractivity contribution in [3.05, 3.63) is 96.3 Å². The Morgan fingerprint density at radius 2 is 1.76 bits per heavy atom. The summed E-state index contributed by atoms with van der Waals surface area (Å²) in [4.78, 5) is 15.5. The van der Waals surface area contributed by atoms with Gasteiger partial charge in [-0.25, -0.2) is 0 Å². The minimum atomic E-state index is -0.185. The van der Waals surface area contributed by atoms with Crippen LogP contribution in [0.1, 0.15) is 15.9 Å². The summed E-state index contributed by atoms with van der Waals surface area (Å²) in [5.74, 6) is 1.11. The Labute approximate surface area is 190 Å². The van der Waals surface area contributed by atoms with Gasteiger partial charge in [0.2, 0.25) is 0 Å². The normalized spacial score (nSPS) is 12.6. The molecule has 0 spiro atoms. The lowest BCUT2D eigenvalue weighted by Gasteiger charge is -2.25. The molecule has 0 fully saturated rings. The molecule has 5 rings (SSSR count). The van der Waals surface area contributed by atoms with E-state index in [0.29, 0.717) is 48.2 Å². The molecular weight excluding hydrogens is 418 g/mol. The summed E-state index contributed by atoms with van der Waals surface area (Å²) in [5.41, 5.74) is 2.84. The predicted octanol–water partition coefficient (Wildman–Crippen LogP) is 3.79. The maximum absolute atomic E-state index is 13.8. The highest BCUT2D eigenvalue weighted by atomic mass is 16.6. The Bertz CT molecular complexity index is 1270. The zero-order chi connectivity index (χ0) is 22.5. The molecule has 0 unspecified atom stereocenters. The third-order valence-electron chi connectivity index (χ3n) is 5.21. The Morgan fingerprint density at radius 3 is 2.58 bits per heavy atom. The number of tetrazole rings is 1. The summed E-state index contributed by atoms with van der Waals surface area (Å²) >= 11 is 0. The summed E-state index contributed by atoms with van der Waals surface area (Å²) in [6.45, 7) is 1.34. The van der Waals surface area contributed by atoms with Crippen molar-refractivity contribution in [3.8, 4) is 17.2 Å². The quantitative estimate of drug-likeness (QED) is 0.455. The lowest BCUT2D eigenvalue weighted by molar-refractivity contribution is 0.0989. The van der Waals surface area contributed by atoms with E-state index < -0.39 is 0 Å². The number of fused-ring (bicyclic) bond motifs is 1. The van der Waals surface area contributed by atoms with Gasteiger partial charge in [-0.15, -0.1) is 5.10 Å². The van der Waals surface area contributed by atoms with E-state index in [1.54, 1.807) is 11.0 Å². The molecule has 1 amide bonds. The molecular formula is C25H21N5O3. The molecule has 0 radical (unpaired) electrons. The van der Waals surface area contributed by atoms with Gasteiger partial charge < -0.3 is 14.4 Å². The fourth-order valence-electron chi connectivity index (χ4n) is 3.64. The van der Waals surface area contributed by atoms with Crippen LogP contribution in [0.25, 0.3) is 11.8 Å². The number of nitrogens with zero attached hydrogens (tertiary/aromatic N) is 5. The standard InChI is InChI=1S/C25H21N5O3/c31-25(21-10-4-5-11-22(21)30-18-26-27-28-30)29(14-6-9-19-7-2-1-3-8-19)20-12-13-23-24(17-20)33-16-15-32-23/h1-13,17-18H,14-16H2/b9-6+. The van der Waals surface area contributed by atoms with Gasteiger partial charge in [-0.2, -0.15) is 4.68 Å². The first-order chi connectivity index (χ1) is 16.3. The molecule has 164 valence electrons. The molecule has 2 heterocycles. The van der Waals surface area contributed by atoms with E-state index in [1.165, 1.54) is 11.0 Å². The SMILES string of the molecule is O=C(c1ccccc1-n1cnnn1)N(C/C=C/c1ccccc1)c1ccc2c(c1)OCCO2. The topological polar surface area (TPSA) is 82.4 Å². The molecule has 0 aliphatic carbocycles. The van der Waals surface area contributed by atoms with Crippen molar-refractivity contribution in [3.63, 3.8) is 0 Å². The second-order valence-electron chi connectivity index (χ2n) is 7.33. The van der Waals surface area contributed by atoms with Gasteiger partial charge in [0.15, 0.2) is 11.5 Å². The number of benzene rings is 3. The Morgan fingerprint density at radius 1 is 0.970 bits per heavy atom. The third-order valence-corrected chi connectivity index (χ3v) is 5.21. The first kappa shape index (κ1) is 20.4. The first-order valence-corrected chi connectivity index (χ1v) is 10.5. The Balaban J connectivity index is 1.51. The van der Waals surface area contributed by atoms with E-state index in [4.69, 9.17) is 9.47 Å². The van der Waals surface area contributed by atoms with Gasteiger partial charge in [-0.05, 0) is 40.3 Å². The number of hydrogen-bond acceptors (Lipinski definition) is 6. The number of hydrogen-bond donors (Lipinski definition) is 0. The molecule has 0 saturated heterocycles. The van der Waals surface area contributed by atoms with Crippen molar-refractivity contribution in [2.45, 2.75) is 0 Å². The number of carbonyl (C=O) groups is 1. The summed E-state index contributed by atoms with van der Waals surface area (Å²) < 4.78 is 12.9. The van der Waals surface area contributed by atoms with E-state index in [9.17, 15) is 4.79 Å². The minimum absolute atomic E-state index is 0.185. The van der Waals surface area contributed by atoms with Crippen molar-refractivity contribution in [1.29, 1.82) is 0 Å². The number of para-hydroxylation sites is 1. The van der Waals surface area contributed by atoms with Gasteiger partial charge in [-0.3, -0.25) is 4.79 Å². The monoisotopic (exact) mass is 439 g/mol. The van der Waals surface area contributed by atoms with E-state index in [1.807, 2.05) is 78.9 Å². The van der Waals surface area contributed by atoms with E-state index in [0.717, 1.165) is 5.56 Å². The summed E-state index contributed by atoms with van der Waals surface area (Å²) in [6, 6.07) is 22.7. The molecule has 0 atom stereocenters. The van der Waals surface area contributed by atoms with Crippen LogP contribution in [-0.2, 0) is 0 Å². The average molecular weight is 439 g/mol. The Hall–Kier alpha value is -4.46. The van der Waals surface area contributed by atoms with Gasteiger partial charge in [0.25, 0.3) is 5.91 Å². The number of aromatic nitrogens is 4. The van der Waals surface area contributed by atoms with Crippen molar-refractivity contribution in [1.82, 2.24) is 20.2 Å². The van der Waals surface area contributed by atoms with Crippen molar-refractivity contribution in [2.24, 2.45) is 0 Å². The van der Waals surface area contributed by atoms with Gasteiger partial charge in [-0.1, -0.05) is 54.6 Å². The fourth-order valence-corrected chi connectivity index (χ4v) is 3.64. The maximum Gasteiger partial charge on any atom is 0.260 e. The number of carbonyl (C=O) groups excluding carboxylic acids is 1. The minimum Gasteiger partial charge on any atom is -0.486 e. The molecule has 3 aromatic carbocycles. The summed E-state index contributed by atoms with van der Waals surface area (Å²) in [5, 5.41) is 11.4. The molecule has 33 heavy (non-hydrogen) atoms. The smallest absolute Gasteiger partial charge is 0.260 e. The van der Waals surface area contributed by atoms with Crippen molar-refractivity contribution >= 4 is 17.7 Å². The largest absolute Gasteiger partial charge is 0.486 e. The highest BCUT2D eigenvalue weighted by molar-refractivity contribution is 6.08. The molecule has 0 N–H and O–H groups in total. The van der Waals surface area contributed by atoms with Crippen LogP contribution in [0, 0.1) is 0 Å². The van der Waals surface area contributed by atoms with Gasteiger partial charge >= 0.3 is 0 Å². The van der Waals surface area contributed by atoms with Crippen molar-refractivity contribution < 1.29 is 14.3 Å². The number of amides is 1. The molecule has 1 aliphatic rings.